The third kappa shape index (κ3) is 5.15. The first-order chi connectivity index (χ1) is 8.27. The smallest absolute Gasteiger partial charge is 0.165 e. The van der Waals surface area contributed by atoms with Crippen molar-refractivity contribution in [3.63, 3.8) is 0 Å². The average Bonchev–Trinajstić information content (AvgIpc) is 2.34. The van der Waals surface area contributed by atoms with Crippen LogP contribution in [0.3, 0.4) is 0 Å². The van der Waals surface area contributed by atoms with Gasteiger partial charge >= 0.3 is 0 Å². The quantitative estimate of drug-likeness (QED) is 0.681. The number of hydrogen-bond donors (Lipinski definition) is 2. The Morgan fingerprint density at radius 1 is 1.24 bits per heavy atom. The third-order valence-electron chi connectivity index (χ3n) is 2.50. The van der Waals surface area contributed by atoms with Crippen molar-refractivity contribution < 1.29 is 9.13 Å². The minimum atomic E-state index is -0.306. The predicted molar refractivity (Wildman–Crippen MR) is 67.8 cm³/mol. The van der Waals surface area contributed by atoms with Gasteiger partial charge < -0.3 is 15.4 Å². The largest absolute Gasteiger partial charge is 0.494 e. The highest BCUT2D eigenvalue weighted by molar-refractivity contribution is 5.29. The molecule has 1 aromatic carbocycles. The Balaban J connectivity index is 2.25. The number of rotatable bonds is 8. The highest BCUT2D eigenvalue weighted by Crippen LogP contribution is 2.17. The molecule has 1 rings (SSSR count). The molecule has 0 heterocycles. The van der Waals surface area contributed by atoms with Crippen LogP contribution in [0.25, 0.3) is 0 Å². The van der Waals surface area contributed by atoms with Crippen molar-refractivity contribution in [2.24, 2.45) is 0 Å². The molecule has 0 aliphatic heterocycles. The van der Waals surface area contributed by atoms with Crippen LogP contribution in [-0.4, -0.2) is 26.7 Å². The normalized spacial score (nSPS) is 10.5. The number of halogens is 1. The molecule has 0 amide bonds. The first kappa shape index (κ1) is 13.9. The minimum Gasteiger partial charge on any atom is -0.494 e. The molecular formula is C13H21FN2O. The zero-order valence-corrected chi connectivity index (χ0v) is 10.6. The van der Waals surface area contributed by atoms with Gasteiger partial charge in [0, 0.05) is 6.54 Å². The number of methoxy groups -OCH3 is 1. The Kier molecular flexibility index (Phi) is 6.58. The highest BCUT2D eigenvalue weighted by Gasteiger charge is 2.02. The van der Waals surface area contributed by atoms with E-state index in [1.165, 1.54) is 13.2 Å². The lowest BCUT2D eigenvalue weighted by Gasteiger charge is -2.07. The lowest BCUT2D eigenvalue weighted by Crippen LogP contribution is -2.21. The van der Waals surface area contributed by atoms with Gasteiger partial charge in [0.25, 0.3) is 0 Å². The van der Waals surface area contributed by atoms with Crippen molar-refractivity contribution in [1.29, 1.82) is 0 Å². The molecule has 0 fully saturated rings. The van der Waals surface area contributed by atoms with E-state index in [9.17, 15) is 4.39 Å². The minimum absolute atomic E-state index is 0.292. The third-order valence-corrected chi connectivity index (χ3v) is 2.50. The predicted octanol–water partition coefficient (Wildman–Crippen LogP) is 1.92. The first-order valence-corrected chi connectivity index (χ1v) is 6.01. The molecule has 0 spiro atoms. The number of benzene rings is 1. The molecule has 0 unspecified atom stereocenters. The standard InChI is InChI=1S/C13H21FN2O/c1-3-15-7-4-8-16-10-11-5-6-13(17-2)12(14)9-11/h5-6,9,15-16H,3-4,7-8,10H2,1-2H3. The first-order valence-electron chi connectivity index (χ1n) is 6.01. The van der Waals surface area contributed by atoms with E-state index >= 15 is 0 Å². The summed E-state index contributed by atoms with van der Waals surface area (Å²) in [5.74, 6) is -0.0136. The van der Waals surface area contributed by atoms with Gasteiger partial charge in [-0.1, -0.05) is 13.0 Å². The summed E-state index contributed by atoms with van der Waals surface area (Å²) in [4.78, 5) is 0. The second kappa shape index (κ2) is 8.03. The Morgan fingerprint density at radius 3 is 2.65 bits per heavy atom. The fourth-order valence-corrected chi connectivity index (χ4v) is 1.57. The maximum Gasteiger partial charge on any atom is 0.165 e. The van der Waals surface area contributed by atoms with Crippen LogP contribution in [0.2, 0.25) is 0 Å². The monoisotopic (exact) mass is 240 g/mol. The van der Waals surface area contributed by atoms with E-state index in [2.05, 4.69) is 17.6 Å². The van der Waals surface area contributed by atoms with E-state index in [0.717, 1.165) is 31.6 Å². The van der Waals surface area contributed by atoms with Crippen LogP contribution in [0.4, 0.5) is 4.39 Å². The maximum absolute atomic E-state index is 13.4. The summed E-state index contributed by atoms with van der Waals surface area (Å²) < 4.78 is 18.2. The van der Waals surface area contributed by atoms with Crippen LogP contribution in [-0.2, 0) is 6.54 Å². The Bertz CT molecular complexity index is 331. The van der Waals surface area contributed by atoms with Crippen LogP contribution in [0.15, 0.2) is 18.2 Å². The van der Waals surface area contributed by atoms with E-state index in [4.69, 9.17) is 4.74 Å². The molecule has 0 radical (unpaired) electrons. The van der Waals surface area contributed by atoms with Crippen molar-refractivity contribution in [3.05, 3.63) is 29.6 Å². The van der Waals surface area contributed by atoms with E-state index in [0.29, 0.717) is 12.3 Å². The SMILES string of the molecule is CCNCCCNCc1ccc(OC)c(F)c1. The Morgan fingerprint density at radius 2 is 2.00 bits per heavy atom. The van der Waals surface area contributed by atoms with Gasteiger partial charge in [-0.2, -0.15) is 0 Å². The summed E-state index contributed by atoms with van der Waals surface area (Å²) in [7, 11) is 1.47. The Hall–Kier alpha value is -1.13. The second-order valence-corrected chi connectivity index (χ2v) is 3.85. The maximum atomic E-state index is 13.4. The summed E-state index contributed by atoms with van der Waals surface area (Å²) >= 11 is 0. The van der Waals surface area contributed by atoms with Gasteiger partial charge in [0.2, 0.25) is 0 Å². The highest BCUT2D eigenvalue weighted by atomic mass is 19.1. The lowest BCUT2D eigenvalue weighted by molar-refractivity contribution is 0.386. The van der Waals surface area contributed by atoms with E-state index < -0.39 is 0 Å². The van der Waals surface area contributed by atoms with Gasteiger partial charge in [0.1, 0.15) is 0 Å². The van der Waals surface area contributed by atoms with Crippen LogP contribution < -0.4 is 15.4 Å². The second-order valence-electron chi connectivity index (χ2n) is 3.85. The summed E-state index contributed by atoms with van der Waals surface area (Å²) in [5.41, 5.74) is 0.937. The molecule has 17 heavy (non-hydrogen) atoms. The molecule has 1 aromatic rings. The van der Waals surface area contributed by atoms with Gasteiger partial charge in [-0.25, -0.2) is 4.39 Å². The summed E-state index contributed by atoms with van der Waals surface area (Å²) in [5, 5.41) is 6.53. The average molecular weight is 240 g/mol. The van der Waals surface area contributed by atoms with E-state index in [-0.39, 0.29) is 5.82 Å². The summed E-state index contributed by atoms with van der Waals surface area (Å²) in [6.45, 7) is 5.73. The summed E-state index contributed by atoms with van der Waals surface area (Å²) in [6, 6.07) is 5.04. The molecule has 0 saturated carbocycles. The van der Waals surface area contributed by atoms with Gasteiger partial charge in [-0.15, -0.1) is 0 Å². The molecule has 0 saturated heterocycles. The molecule has 3 nitrogen and oxygen atoms in total. The number of ether oxygens (including phenoxy) is 1. The molecule has 96 valence electrons. The zero-order valence-electron chi connectivity index (χ0n) is 10.6. The van der Waals surface area contributed by atoms with E-state index in [1.54, 1.807) is 6.07 Å². The Labute approximate surface area is 102 Å². The molecule has 2 N–H and O–H groups in total. The van der Waals surface area contributed by atoms with Crippen molar-refractivity contribution in [1.82, 2.24) is 10.6 Å². The fraction of sp³-hybridized carbons (Fsp3) is 0.538. The van der Waals surface area contributed by atoms with Gasteiger partial charge in [-0.3, -0.25) is 0 Å². The van der Waals surface area contributed by atoms with Crippen LogP contribution in [0, 0.1) is 5.82 Å². The zero-order chi connectivity index (χ0) is 12.5. The number of nitrogens with one attached hydrogen (secondary N) is 2. The number of hydrogen-bond acceptors (Lipinski definition) is 3. The molecule has 0 atom stereocenters. The lowest BCUT2D eigenvalue weighted by atomic mass is 10.2. The molecule has 0 bridgehead atoms. The van der Waals surface area contributed by atoms with Crippen molar-refractivity contribution >= 4 is 0 Å². The fourth-order valence-electron chi connectivity index (χ4n) is 1.57. The molecular weight excluding hydrogens is 219 g/mol. The van der Waals surface area contributed by atoms with Gasteiger partial charge in [0.15, 0.2) is 11.6 Å². The van der Waals surface area contributed by atoms with Crippen LogP contribution >= 0.6 is 0 Å². The molecule has 0 aliphatic carbocycles. The van der Waals surface area contributed by atoms with Gasteiger partial charge in [0.05, 0.1) is 7.11 Å². The van der Waals surface area contributed by atoms with Crippen molar-refractivity contribution in [2.75, 3.05) is 26.7 Å². The van der Waals surface area contributed by atoms with E-state index in [1.807, 2.05) is 6.07 Å². The summed E-state index contributed by atoms with van der Waals surface area (Å²) in [6.07, 6.45) is 1.08. The van der Waals surface area contributed by atoms with Crippen molar-refractivity contribution in [3.8, 4) is 5.75 Å². The van der Waals surface area contributed by atoms with Gasteiger partial charge in [-0.05, 0) is 43.8 Å². The molecule has 0 aliphatic rings. The topological polar surface area (TPSA) is 33.3 Å². The van der Waals surface area contributed by atoms with Crippen LogP contribution in [0.5, 0.6) is 5.75 Å². The van der Waals surface area contributed by atoms with Crippen molar-refractivity contribution in [2.45, 2.75) is 19.9 Å². The van der Waals surface area contributed by atoms with Crippen LogP contribution in [0.1, 0.15) is 18.9 Å². The molecule has 4 heteroatoms. The molecule has 0 aromatic heterocycles.